The number of hydrogen-bond acceptors (Lipinski definition) is 5. The summed E-state index contributed by atoms with van der Waals surface area (Å²) in [4.78, 5) is 33.3. The number of halogens is 1. The molecule has 8 nitrogen and oxygen atoms in total. The zero-order valence-electron chi connectivity index (χ0n) is 13.5. The van der Waals surface area contributed by atoms with E-state index in [9.17, 15) is 19.7 Å². The lowest BCUT2D eigenvalue weighted by molar-refractivity contribution is -0.385. The topological polar surface area (TPSA) is 119 Å². The Labute approximate surface area is 143 Å². The van der Waals surface area contributed by atoms with E-state index in [-0.39, 0.29) is 22.7 Å². The number of nitrogens with one attached hydrogen (secondary N) is 1. The van der Waals surface area contributed by atoms with E-state index in [0.29, 0.717) is 0 Å². The lowest BCUT2D eigenvalue weighted by Crippen LogP contribution is -2.41. The molecule has 0 fully saturated rings. The molecule has 0 radical (unpaired) electrons. The highest BCUT2D eigenvalue weighted by molar-refractivity contribution is 6.30. The fraction of sp³-hybridized carbons (Fsp3) is 0.467. The number of amides is 1. The Bertz CT molecular complexity index is 641. The average molecular weight is 359 g/mol. The maximum atomic E-state index is 11.8. The van der Waals surface area contributed by atoms with Gasteiger partial charge in [-0.2, -0.15) is 0 Å². The molecular formula is C15H19ClN2O6. The second kappa shape index (κ2) is 7.96. The Balaban J connectivity index is 2.98. The number of aliphatic carboxylic acids is 1. The number of carbonyl (C=O) groups excluding carboxylic acids is 1. The molecule has 0 heterocycles. The minimum absolute atomic E-state index is 0.0670. The summed E-state index contributed by atoms with van der Waals surface area (Å²) in [6.45, 7) is 5.00. The van der Waals surface area contributed by atoms with Crippen molar-refractivity contribution in [1.82, 2.24) is 5.32 Å². The van der Waals surface area contributed by atoms with Gasteiger partial charge in [-0.15, -0.1) is 0 Å². The molecule has 1 rings (SSSR count). The molecule has 0 spiro atoms. The summed E-state index contributed by atoms with van der Waals surface area (Å²) in [5, 5.41) is 22.8. The van der Waals surface area contributed by atoms with E-state index in [0.717, 1.165) is 0 Å². The van der Waals surface area contributed by atoms with Gasteiger partial charge in [0, 0.05) is 29.1 Å². The second-order valence-electron chi connectivity index (χ2n) is 6.18. The van der Waals surface area contributed by atoms with Gasteiger partial charge in [-0.25, -0.2) is 4.79 Å². The van der Waals surface area contributed by atoms with Crippen molar-refractivity contribution in [3.8, 4) is 0 Å². The average Bonchev–Trinajstić information content (AvgIpc) is 2.34. The van der Waals surface area contributed by atoms with Gasteiger partial charge in [-0.05, 0) is 32.9 Å². The minimum atomic E-state index is -1.15. The molecule has 132 valence electrons. The van der Waals surface area contributed by atoms with Crippen molar-refractivity contribution < 1.29 is 24.4 Å². The summed E-state index contributed by atoms with van der Waals surface area (Å²) in [6, 6.07) is 3.11. The molecule has 0 bridgehead atoms. The third-order valence-electron chi connectivity index (χ3n) is 2.85. The van der Waals surface area contributed by atoms with Crippen molar-refractivity contribution in [1.29, 1.82) is 0 Å². The number of nitro groups is 1. The summed E-state index contributed by atoms with van der Waals surface area (Å²) in [5.41, 5.74) is -0.713. The van der Waals surface area contributed by atoms with Crippen LogP contribution in [-0.4, -0.2) is 33.7 Å². The molecule has 2 N–H and O–H groups in total. The predicted octanol–water partition coefficient (Wildman–Crippen LogP) is 3.16. The zero-order valence-corrected chi connectivity index (χ0v) is 14.3. The van der Waals surface area contributed by atoms with Crippen molar-refractivity contribution in [2.24, 2.45) is 0 Å². The number of nitro benzene ring substituents is 1. The lowest BCUT2D eigenvalue weighted by Gasteiger charge is -2.23. The molecule has 9 heteroatoms. The summed E-state index contributed by atoms with van der Waals surface area (Å²) in [5.74, 6) is -1.15. The minimum Gasteiger partial charge on any atom is -0.481 e. The van der Waals surface area contributed by atoms with E-state index in [1.165, 1.54) is 18.2 Å². The Morgan fingerprint density at radius 3 is 2.54 bits per heavy atom. The molecule has 24 heavy (non-hydrogen) atoms. The predicted molar refractivity (Wildman–Crippen MR) is 87.2 cm³/mol. The van der Waals surface area contributed by atoms with Crippen molar-refractivity contribution >= 4 is 29.4 Å². The van der Waals surface area contributed by atoms with E-state index in [4.69, 9.17) is 21.4 Å². The van der Waals surface area contributed by atoms with Gasteiger partial charge < -0.3 is 15.2 Å². The van der Waals surface area contributed by atoms with Crippen LogP contribution in [0.25, 0.3) is 0 Å². The van der Waals surface area contributed by atoms with Gasteiger partial charge in [0.15, 0.2) is 0 Å². The van der Waals surface area contributed by atoms with Crippen LogP contribution in [0, 0.1) is 10.1 Å². The van der Waals surface area contributed by atoms with Gasteiger partial charge in [0.25, 0.3) is 5.69 Å². The van der Waals surface area contributed by atoms with Gasteiger partial charge in [0.2, 0.25) is 0 Å². The van der Waals surface area contributed by atoms with Gasteiger partial charge in [-0.1, -0.05) is 11.6 Å². The van der Waals surface area contributed by atoms with E-state index < -0.39 is 35.0 Å². The lowest BCUT2D eigenvalue weighted by atomic mass is 10.0. The maximum Gasteiger partial charge on any atom is 0.407 e. The summed E-state index contributed by atoms with van der Waals surface area (Å²) >= 11 is 5.85. The molecule has 1 amide bonds. The van der Waals surface area contributed by atoms with Crippen LogP contribution < -0.4 is 5.32 Å². The zero-order chi connectivity index (χ0) is 18.5. The van der Waals surface area contributed by atoms with Gasteiger partial charge >= 0.3 is 12.1 Å². The molecular weight excluding hydrogens is 340 g/mol. The number of carbonyl (C=O) groups is 2. The first-order chi connectivity index (χ1) is 11.0. The normalized spacial score (nSPS) is 12.3. The SMILES string of the molecule is CC(C)(C)OC(=O)NC(CC(=O)O)Cc1cc(Cl)ccc1[N+](=O)[O-]. The highest BCUT2D eigenvalue weighted by atomic mass is 35.5. The Morgan fingerprint density at radius 2 is 2.04 bits per heavy atom. The van der Waals surface area contributed by atoms with Gasteiger partial charge in [0.05, 0.1) is 11.3 Å². The molecule has 1 atom stereocenters. The van der Waals surface area contributed by atoms with Crippen molar-refractivity contribution in [3.63, 3.8) is 0 Å². The molecule has 1 unspecified atom stereocenters. The molecule has 0 aliphatic carbocycles. The molecule has 0 aliphatic heterocycles. The van der Waals surface area contributed by atoms with Crippen LogP contribution in [0.15, 0.2) is 18.2 Å². The van der Waals surface area contributed by atoms with Crippen molar-refractivity contribution in [2.45, 2.75) is 45.3 Å². The molecule has 1 aromatic carbocycles. The first-order valence-corrected chi connectivity index (χ1v) is 7.50. The van der Waals surface area contributed by atoms with Crippen LogP contribution in [0.4, 0.5) is 10.5 Å². The van der Waals surface area contributed by atoms with Crippen molar-refractivity contribution in [3.05, 3.63) is 38.9 Å². The molecule has 0 aromatic heterocycles. The van der Waals surface area contributed by atoms with Crippen LogP contribution in [0.3, 0.4) is 0 Å². The van der Waals surface area contributed by atoms with Crippen LogP contribution in [0.1, 0.15) is 32.8 Å². The monoisotopic (exact) mass is 358 g/mol. The summed E-state index contributed by atoms with van der Waals surface area (Å²) in [6.07, 6.45) is -1.27. The fourth-order valence-corrected chi connectivity index (χ4v) is 2.22. The highest BCUT2D eigenvalue weighted by Gasteiger charge is 2.24. The van der Waals surface area contributed by atoms with Crippen LogP contribution in [0.5, 0.6) is 0 Å². The molecule has 0 saturated heterocycles. The largest absolute Gasteiger partial charge is 0.481 e. The third kappa shape index (κ3) is 6.82. The smallest absolute Gasteiger partial charge is 0.407 e. The highest BCUT2D eigenvalue weighted by Crippen LogP contribution is 2.24. The second-order valence-corrected chi connectivity index (χ2v) is 6.61. The number of hydrogen-bond donors (Lipinski definition) is 2. The maximum absolute atomic E-state index is 11.8. The first-order valence-electron chi connectivity index (χ1n) is 7.12. The summed E-state index contributed by atoms with van der Waals surface area (Å²) in [7, 11) is 0. The number of carboxylic acids is 1. The Hall–Kier alpha value is -2.35. The van der Waals surface area contributed by atoms with Gasteiger partial charge in [0.1, 0.15) is 5.60 Å². The third-order valence-corrected chi connectivity index (χ3v) is 3.08. The fourth-order valence-electron chi connectivity index (χ4n) is 2.02. The number of alkyl carbamates (subject to hydrolysis) is 1. The van der Waals surface area contributed by atoms with E-state index in [2.05, 4.69) is 5.32 Å². The number of nitrogens with zero attached hydrogens (tertiary/aromatic N) is 1. The summed E-state index contributed by atoms with van der Waals surface area (Å²) < 4.78 is 5.09. The number of ether oxygens (including phenoxy) is 1. The van der Waals surface area contributed by atoms with E-state index >= 15 is 0 Å². The van der Waals surface area contributed by atoms with E-state index in [1.807, 2.05) is 0 Å². The number of carboxylic acid groups (broad SMARTS) is 1. The number of rotatable bonds is 6. The van der Waals surface area contributed by atoms with Crippen molar-refractivity contribution in [2.75, 3.05) is 0 Å². The Morgan fingerprint density at radius 1 is 1.42 bits per heavy atom. The molecule has 0 aliphatic rings. The quantitative estimate of drug-likeness (QED) is 0.595. The van der Waals surface area contributed by atoms with Gasteiger partial charge in [-0.3, -0.25) is 14.9 Å². The number of benzene rings is 1. The molecule has 0 saturated carbocycles. The Kier molecular flexibility index (Phi) is 6.53. The van der Waals surface area contributed by atoms with E-state index in [1.54, 1.807) is 20.8 Å². The standard InChI is InChI=1S/C15H19ClN2O6/c1-15(2,3)24-14(21)17-11(8-13(19)20)7-9-6-10(16)4-5-12(9)18(22)23/h4-6,11H,7-8H2,1-3H3,(H,17,21)(H,19,20). The van der Waals surface area contributed by atoms with Crippen LogP contribution >= 0.6 is 11.6 Å². The van der Waals surface area contributed by atoms with Crippen LogP contribution in [0.2, 0.25) is 5.02 Å². The molecule has 1 aromatic rings. The first kappa shape index (κ1) is 19.7. The van der Waals surface area contributed by atoms with Crippen LogP contribution in [-0.2, 0) is 16.0 Å².